The van der Waals surface area contributed by atoms with Crippen molar-refractivity contribution in [3.05, 3.63) is 12.2 Å². The highest BCUT2D eigenvalue weighted by atomic mass is 16.7. The smallest absolute Gasteiger partial charge is 0.220 e. The number of carbonyl (C=O) groups excluding carboxylic acids is 1. The third-order valence-electron chi connectivity index (χ3n) is 12.7. The van der Waals surface area contributed by atoms with E-state index in [0.717, 1.165) is 19.3 Å². The zero-order valence-electron chi connectivity index (χ0n) is 39.3. The summed E-state index contributed by atoms with van der Waals surface area (Å²) in [6, 6.07) is -0.905. The van der Waals surface area contributed by atoms with Crippen LogP contribution in [0.3, 0.4) is 0 Å². The number of hydrogen-bond acceptors (Lipinski definition) is 13. The van der Waals surface area contributed by atoms with Gasteiger partial charge in [-0.1, -0.05) is 187 Å². The normalized spacial score (nSPS) is 27.5. The van der Waals surface area contributed by atoms with Crippen molar-refractivity contribution in [2.24, 2.45) is 0 Å². The number of nitrogens with one attached hydrogen (secondary N) is 1. The number of aliphatic hydroxyl groups excluding tert-OH is 8. The Kier molecular flexibility index (Phi) is 33.8. The van der Waals surface area contributed by atoms with Gasteiger partial charge in [0.05, 0.1) is 32.0 Å². The first kappa shape index (κ1) is 57.9. The number of ether oxygens (including phenoxy) is 4. The molecule has 372 valence electrons. The van der Waals surface area contributed by atoms with Crippen LogP contribution in [0.1, 0.15) is 200 Å². The summed E-state index contributed by atoms with van der Waals surface area (Å²) in [7, 11) is 0. The second-order valence-corrected chi connectivity index (χ2v) is 18.3. The number of aliphatic hydroxyl groups is 8. The fourth-order valence-corrected chi connectivity index (χ4v) is 8.57. The van der Waals surface area contributed by atoms with Gasteiger partial charge in [-0.15, -0.1) is 0 Å². The number of rotatable bonds is 39. The molecule has 1 amide bonds. The molecule has 2 saturated heterocycles. The summed E-state index contributed by atoms with van der Waals surface area (Å²) in [4.78, 5) is 12.5. The maximum absolute atomic E-state index is 12.5. The van der Waals surface area contributed by atoms with Crippen LogP contribution in [-0.2, 0) is 23.7 Å². The zero-order valence-corrected chi connectivity index (χ0v) is 39.3. The summed E-state index contributed by atoms with van der Waals surface area (Å²) in [5.74, 6) is -0.291. The average Bonchev–Trinajstić information content (AvgIpc) is 3.28. The SMILES string of the molecule is CCCCCCCCCCCCCCCCCCCCCCCCCCCC/C=C/C(O)C(COC1OC(CO)C(OC2OC(CO)C(O)C(O)C2O)C(O)C1O)NC(=O)CCC. The van der Waals surface area contributed by atoms with Crippen LogP contribution in [0.5, 0.6) is 0 Å². The van der Waals surface area contributed by atoms with E-state index >= 15 is 0 Å². The monoisotopic (exact) mass is 904 g/mol. The van der Waals surface area contributed by atoms with Crippen LogP contribution in [0.2, 0.25) is 0 Å². The van der Waals surface area contributed by atoms with E-state index in [0.29, 0.717) is 6.42 Å². The minimum absolute atomic E-state index is 0.233. The second kappa shape index (κ2) is 36.8. The molecule has 14 nitrogen and oxygen atoms in total. The second-order valence-electron chi connectivity index (χ2n) is 18.3. The Hall–Kier alpha value is -1.27. The molecule has 63 heavy (non-hydrogen) atoms. The van der Waals surface area contributed by atoms with Gasteiger partial charge < -0.3 is 65.1 Å². The van der Waals surface area contributed by atoms with Crippen molar-refractivity contribution < 1.29 is 64.6 Å². The van der Waals surface area contributed by atoms with Gasteiger partial charge in [0.1, 0.15) is 48.8 Å². The number of hydrogen-bond donors (Lipinski definition) is 9. The van der Waals surface area contributed by atoms with Gasteiger partial charge in [-0.3, -0.25) is 4.79 Å². The lowest BCUT2D eigenvalue weighted by Gasteiger charge is -2.46. The number of allylic oxidation sites excluding steroid dienone is 1. The summed E-state index contributed by atoms with van der Waals surface area (Å²) in [5.41, 5.74) is 0. The van der Waals surface area contributed by atoms with Crippen LogP contribution in [-0.4, -0.2) is 140 Å². The van der Waals surface area contributed by atoms with Crippen molar-refractivity contribution in [1.82, 2.24) is 5.32 Å². The van der Waals surface area contributed by atoms with Crippen LogP contribution in [0.15, 0.2) is 12.2 Å². The Balaban J connectivity index is 1.56. The highest BCUT2D eigenvalue weighted by Gasteiger charge is 2.51. The molecule has 12 atom stereocenters. The summed E-state index contributed by atoms with van der Waals surface area (Å²) < 4.78 is 22.4. The molecule has 0 bridgehead atoms. The average molecular weight is 904 g/mol. The van der Waals surface area contributed by atoms with Crippen molar-refractivity contribution in [3.63, 3.8) is 0 Å². The zero-order chi connectivity index (χ0) is 46.1. The van der Waals surface area contributed by atoms with Crippen LogP contribution in [0.25, 0.3) is 0 Å². The van der Waals surface area contributed by atoms with E-state index in [2.05, 4.69) is 12.2 Å². The maximum atomic E-state index is 12.5. The van der Waals surface area contributed by atoms with Gasteiger partial charge in [-0.05, 0) is 19.3 Å². The van der Waals surface area contributed by atoms with Crippen molar-refractivity contribution >= 4 is 5.91 Å². The van der Waals surface area contributed by atoms with E-state index in [1.165, 1.54) is 154 Å². The van der Waals surface area contributed by atoms with Gasteiger partial charge in [0.25, 0.3) is 0 Å². The molecule has 2 aliphatic rings. The van der Waals surface area contributed by atoms with E-state index in [1.54, 1.807) is 6.08 Å². The Morgan fingerprint density at radius 3 is 1.43 bits per heavy atom. The van der Waals surface area contributed by atoms with Crippen LogP contribution >= 0.6 is 0 Å². The molecule has 0 aromatic rings. The third-order valence-corrected chi connectivity index (χ3v) is 12.7. The fourth-order valence-electron chi connectivity index (χ4n) is 8.57. The van der Waals surface area contributed by atoms with E-state index in [4.69, 9.17) is 18.9 Å². The van der Waals surface area contributed by atoms with Crippen molar-refractivity contribution in [2.75, 3.05) is 19.8 Å². The Bertz CT molecular complexity index is 1120. The molecular weight excluding hydrogens is 811 g/mol. The summed E-state index contributed by atoms with van der Waals surface area (Å²) in [6.45, 7) is 2.42. The maximum Gasteiger partial charge on any atom is 0.220 e. The molecule has 0 radical (unpaired) electrons. The molecule has 2 fully saturated rings. The summed E-state index contributed by atoms with van der Waals surface area (Å²) in [5, 5.41) is 85.7. The number of unbranched alkanes of at least 4 members (excludes halogenated alkanes) is 26. The van der Waals surface area contributed by atoms with Crippen LogP contribution < -0.4 is 5.32 Å². The Morgan fingerprint density at radius 2 is 0.984 bits per heavy atom. The van der Waals surface area contributed by atoms with Gasteiger partial charge >= 0.3 is 0 Å². The first-order valence-corrected chi connectivity index (χ1v) is 25.4. The largest absolute Gasteiger partial charge is 0.394 e. The van der Waals surface area contributed by atoms with E-state index in [-0.39, 0.29) is 18.9 Å². The lowest BCUT2D eigenvalue weighted by Crippen LogP contribution is -2.65. The van der Waals surface area contributed by atoms with E-state index in [9.17, 15) is 45.6 Å². The highest BCUT2D eigenvalue weighted by Crippen LogP contribution is 2.30. The van der Waals surface area contributed by atoms with E-state index in [1.807, 2.05) is 13.0 Å². The number of amides is 1. The standard InChI is InChI=1S/C49H93NO13/c1-3-5-6-7-8-9-10-11-12-13-14-15-16-17-18-19-20-21-22-23-24-25-26-27-28-29-30-31-33-38(53)37(50-41(54)32-4-2)36-60-48-46(59)44(57)47(40(35-52)62-48)63-49-45(58)43(56)42(55)39(34-51)61-49/h31,33,37-40,42-49,51-53,55-59H,3-30,32,34-36H2,1-2H3,(H,50,54)/b33-31+. The molecule has 12 unspecified atom stereocenters. The Morgan fingerprint density at radius 1 is 0.556 bits per heavy atom. The first-order valence-electron chi connectivity index (χ1n) is 25.4. The number of carbonyl (C=O) groups is 1. The van der Waals surface area contributed by atoms with Crippen molar-refractivity contribution in [1.29, 1.82) is 0 Å². The van der Waals surface area contributed by atoms with Crippen LogP contribution in [0, 0.1) is 0 Å². The van der Waals surface area contributed by atoms with E-state index < -0.39 is 86.8 Å². The molecule has 0 saturated carbocycles. The molecule has 0 aromatic carbocycles. The molecule has 2 rings (SSSR count). The molecule has 2 heterocycles. The quantitative estimate of drug-likeness (QED) is 0.0241. The lowest BCUT2D eigenvalue weighted by molar-refractivity contribution is -0.359. The minimum atomic E-state index is -1.78. The van der Waals surface area contributed by atoms with Crippen LogP contribution in [0.4, 0.5) is 0 Å². The van der Waals surface area contributed by atoms with Gasteiger partial charge in [0, 0.05) is 6.42 Å². The predicted octanol–water partition coefficient (Wildman–Crippen LogP) is 6.38. The fraction of sp³-hybridized carbons (Fsp3) is 0.939. The molecule has 0 aliphatic carbocycles. The topological polar surface area (TPSA) is 228 Å². The van der Waals surface area contributed by atoms with Gasteiger partial charge in [-0.2, -0.15) is 0 Å². The lowest BCUT2D eigenvalue weighted by atomic mass is 9.97. The van der Waals surface area contributed by atoms with Gasteiger partial charge in [0.15, 0.2) is 12.6 Å². The predicted molar refractivity (Wildman–Crippen MR) is 245 cm³/mol. The molecule has 0 aromatic heterocycles. The summed E-state index contributed by atoms with van der Waals surface area (Å²) >= 11 is 0. The molecular formula is C49H93NO13. The van der Waals surface area contributed by atoms with Gasteiger partial charge in [0.2, 0.25) is 5.91 Å². The van der Waals surface area contributed by atoms with Gasteiger partial charge in [-0.25, -0.2) is 0 Å². The summed E-state index contributed by atoms with van der Waals surface area (Å²) in [6.07, 6.45) is 23.3. The Labute approximate surface area is 380 Å². The first-order chi connectivity index (χ1) is 30.6. The third kappa shape index (κ3) is 24.4. The van der Waals surface area contributed by atoms with Crippen molar-refractivity contribution in [2.45, 2.75) is 274 Å². The molecule has 2 aliphatic heterocycles. The molecule has 9 N–H and O–H groups in total. The minimum Gasteiger partial charge on any atom is -0.394 e. The highest BCUT2D eigenvalue weighted by molar-refractivity contribution is 5.76. The molecule has 14 heteroatoms. The molecule has 0 spiro atoms. The van der Waals surface area contributed by atoms with Crippen molar-refractivity contribution in [3.8, 4) is 0 Å².